The van der Waals surface area contributed by atoms with Crippen molar-refractivity contribution in [2.45, 2.75) is 6.54 Å². The van der Waals surface area contributed by atoms with Gasteiger partial charge in [-0.1, -0.05) is 23.3 Å². The maximum absolute atomic E-state index is 11.2. The highest BCUT2D eigenvalue weighted by Crippen LogP contribution is 2.18. The summed E-state index contributed by atoms with van der Waals surface area (Å²) in [6.07, 6.45) is 0. The lowest BCUT2D eigenvalue weighted by molar-refractivity contribution is -0.681. The largest absolute Gasteiger partial charge is 0.538 e. The molecule has 0 saturated heterocycles. The first-order chi connectivity index (χ1) is 8.24. The molecule has 1 heterocycles. The lowest BCUT2D eigenvalue weighted by Gasteiger charge is -1.97. The summed E-state index contributed by atoms with van der Waals surface area (Å²) in [4.78, 5) is 2.69. The molecule has 0 aliphatic carbocycles. The molecule has 0 spiro atoms. The molecule has 0 aliphatic heterocycles. The molecule has 1 aromatic heterocycles. The Hall–Kier alpha value is -2.05. The number of benzene rings is 1. The molecule has 7 nitrogen and oxygen atoms in total. The van der Waals surface area contributed by atoms with Crippen molar-refractivity contribution in [2.24, 2.45) is 5.11 Å². The van der Waals surface area contributed by atoms with E-state index in [1.54, 1.807) is 24.3 Å². The van der Waals surface area contributed by atoms with E-state index in [2.05, 4.69) is 35.8 Å². The number of nitrogens with zero attached hydrogens (tertiary/aromatic N) is 5. The third-order valence-electron chi connectivity index (χ3n) is 2.08. The normalized spacial score (nSPS) is 9.94. The fourth-order valence-corrected chi connectivity index (χ4v) is 1.67. The SMILES string of the molecule is [N-]=[N+]=NCc1ccccc1-[n+]1noc([O-])c1Br. The maximum atomic E-state index is 11.2. The van der Waals surface area contributed by atoms with Crippen molar-refractivity contribution < 1.29 is 14.3 Å². The first-order valence-electron chi connectivity index (χ1n) is 4.57. The minimum absolute atomic E-state index is 0.174. The molecule has 0 unspecified atom stereocenters. The molecule has 0 aliphatic rings. The minimum Gasteiger partial charge on any atom is -0.538 e. The van der Waals surface area contributed by atoms with Crippen LogP contribution in [0.25, 0.3) is 16.1 Å². The Morgan fingerprint density at radius 2 is 2.29 bits per heavy atom. The molecule has 0 atom stereocenters. The summed E-state index contributed by atoms with van der Waals surface area (Å²) >= 11 is 3.08. The quantitative estimate of drug-likeness (QED) is 0.372. The fourth-order valence-electron chi connectivity index (χ4n) is 1.35. The Morgan fingerprint density at radius 1 is 1.53 bits per heavy atom. The molecule has 0 amide bonds. The van der Waals surface area contributed by atoms with E-state index in [-0.39, 0.29) is 11.1 Å². The number of aromatic nitrogens is 2. The van der Waals surface area contributed by atoms with Crippen LogP contribution >= 0.6 is 15.9 Å². The van der Waals surface area contributed by atoms with Crippen LogP contribution in [0, 0.1) is 0 Å². The molecule has 2 rings (SSSR count). The fraction of sp³-hybridized carbons (Fsp3) is 0.111. The van der Waals surface area contributed by atoms with Crippen LogP contribution < -0.4 is 9.79 Å². The lowest BCUT2D eigenvalue weighted by atomic mass is 10.2. The number of hydrogen-bond donors (Lipinski definition) is 0. The Balaban J connectivity index is 2.51. The van der Waals surface area contributed by atoms with Crippen LogP contribution in [0.2, 0.25) is 0 Å². The van der Waals surface area contributed by atoms with E-state index in [1.807, 2.05) is 0 Å². The van der Waals surface area contributed by atoms with Gasteiger partial charge in [0, 0.05) is 32.5 Å². The molecule has 86 valence electrons. The summed E-state index contributed by atoms with van der Waals surface area (Å²) in [6.45, 7) is 0.174. The molecular formula is C9H6BrN5O2. The van der Waals surface area contributed by atoms with Gasteiger partial charge in [0.15, 0.2) is 5.95 Å². The summed E-state index contributed by atoms with van der Waals surface area (Å²) in [7, 11) is 0. The van der Waals surface area contributed by atoms with E-state index < -0.39 is 5.95 Å². The standard InChI is InChI=1S/C9H6BrN5O2/c10-8-9(16)17-14-15(8)7-4-2-1-3-6(7)5-12-13-11/h1-4H,5H2. The topological polar surface area (TPSA) is 102 Å². The van der Waals surface area contributed by atoms with Crippen molar-refractivity contribution in [1.82, 2.24) is 5.27 Å². The molecule has 8 heteroatoms. The van der Waals surface area contributed by atoms with Crippen LogP contribution in [0.15, 0.2) is 38.5 Å². The van der Waals surface area contributed by atoms with E-state index >= 15 is 0 Å². The molecule has 1 aromatic carbocycles. The van der Waals surface area contributed by atoms with Crippen molar-refractivity contribution in [3.05, 3.63) is 44.9 Å². The summed E-state index contributed by atoms with van der Waals surface area (Å²) in [6, 6.07) is 7.11. The molecule has 0 bridgehead atoms. The van der Waals surface area contributed by atoms with Gasteiger partial charge in [-0.2, -0.15) is 0 Å². The molecule has 0 N–H and O–H groups in total. The molecule has 17 heavy (non-hydrogen) atoms. The number of azide groups is 1. The van der Waals surface area contributed by atoms with E-state index in [0.29, 0.717) is 5.69 Å². The van der Waals surface area contributed by atoms with Crippen molar-refractivity contribution in [1.29, 1.82) is 0 Å². The third kappa shape index (κ3) is 2.22. The van der Waals surface area contributed by atoms with Crippen molar-refractivity contribution in [2.75, 3.05) is 0 Å². The average Bonchev–Trinajstić information content (AvgIpc) is 2.68. The number of halogens is 1. The zero-order valence-electron chi connectivity index (χ0n) is 8.45. The monoisotopic (exact) mass is 295 g/mol. The van der Waals surface area contributed by atoms with Gasteiger partial charge in [0.1, 0.15) is 0 Å². The van der Waals surface area contributed by atoms with Gasteiger partial charge < -0.3 is 9.63 Å². The zero-order valence-corrected chi connectivity index (χ0v) is 10.0. The zero-order chi connectivity index (χ0) is 12.3. The Bertz CT molecular complexity index is 591. The number of rotatable bonds is 3. The van der Waals surface area contributed by atoms with Gasteiger partial charge in [-0.05, 0) is 10.2 Å². The first kappa shape index (κ1) is 11.4. The van der Waals surface area contributed by atoms with Crippen LogP contribution in [0.1, 0.15) is 5.56 Å². The maximum Gasteiger partial charge on any atom is 0.305 e. The average molecular weight is 296 g/mol. The lowest BCUT2D eigenvalue weighted by Crippen LogP contribution is -2.35. The Labute approximate surface area is 104 Å². The third-order valence-corrected chi connectivity index (χ3v) is 2.74. The molecule has 0 radical (unpaired) electrons. The molecule has 2 aromatic rings. The van der Waals surface area contributed by atoms with Gasteiger partial charge in [-0.15, -0.1) is 0 Å². The van der Waals surface area contributed by atoms with E-state index in [9.17, 15) is 5.11 Å². The second-order valence-corrected chi connectivity index (χ2v) is 3.83. The van der Waals surface area contributed by atoms with Crippen molar-refractivity contribution >= 4 is 15.9 Å². The summed E-state index contributed by atoms with van der Waals surface area (Å²) < 4.78 is 6.01. The highest BCUT2D eigenvalue weighted by Gasteiger charge is 2.20. The number of para-hydroxylation sites is 1. The van der Waals surface area contributed by atoms with Crippen molar-refractivity contribution in [3.8, 4) is 11.6 Å². The summed E-state index contributed by atoms with van der Waals surface area (Å²) in [5.74, 6) is -0.566. The van der Waals surface area contributed by atoms with Gasteiger partial charge in [0.05, 0.1) is 11.8 Å². The minimum atomic E-state index is -0.566. The van der Waals surface area contributed by atoms with Gasteiger partial charge >= 0.3 is 4.60 Å². The second-order valence-electron chi connectivity index (χ2n) is 3.08. The van der Waals surface area contributed by atoms with Crippen LogP contribution in [0.4, 0.5) is 0 Å². The van der Waals surface area contributed by atoms with E-state index in [0.717, 1.165) is 5.56 Å². The Kier molecular flexibility index (Phi) is 3.27. The Morgan fingerprint density at radius 3 is 2.94 bits per heavy atom. The van der Waals surface area contributed by atoms with Crippen LogP contribution in [0.3, 0.4) is 0 Å². The van der Waals surface area contributed by atoms with Gasteiger partial charge in [0.25, 0.3) is 0 Å². The smallest absolute Gasteiger partial charge is 0.305 e. The van der Waals surface area contributed by atoms with E-state index in [1.165, 1.54) is 4.68 Å². The second kappa shape index (κ2) is 4.86. The van der Waals surface area contributed by atoms with Crippen LogP contribution in [-0.4, -0.2) is 5.27 Å². The predicted molar refractivity (Wildman–Crippen MR) is 58.0 cm³/mol. The predicted octanol–water partition coefficient (Wildman–Crippen LogP) is 1.60. The molecular weight excluding hydrogens is 290 g/mol. The molecule has 0 fully saturated rings. The number of hydrogen-bond acceptors (Lipinski definition) is 4. The molecule has 0 saturated carbocycles. The first-order valence-corrected chi connectivity index (χ1v) is 5.37. The summed E-state index contributed by atoms with van der Waals surface area (Å²) in [5, 5.41) is 18.2. The van der Waals surface area contributed by atoms with Gasteiger partial charge in [-0.25, -0.2) is 0 Å². The van der Waals surface area contributed by atoms with Crippen LogP contribution in [0.5, 0.6) is 5.95 Å². The van der Waals surface area contributed by atoms with Gasteiger partial charge in [-0.3, -0.25) is 0 Å². The van der Waals surface area contributed by atoms with Gasteiger partial charge in [0.2, 0.25) is 5.69 Å². The van der Waals surface area contributed by atoms with Crippen LogP contribution in [-0.2, 0) is 6.54 Å². The summed E-state index contributed by atoms with van der Waals surface area (Å²) in [5.41, 5.74) is 9.67. The highest BCUT2D eigenvalue weighted by atomic mass is 79.9. The highest BCUT2D eigenvalue weighted by molar-refractivity contribution is 9.10. The van der Waals surface area contributed by atoms with Crippen molar-refractivity contribution in [3.63, 3.8) is 0 Å². The van der Waals surface area contributed by atoms with E-state index in [4.69, 9.17) is 5.53 Å².